The largest absolute Gasteiger partial charge is 0.494 e. The number of fused-ring (bicyclic) bond motifs is 1. The molecule has 0 spiro atoms. The monoisotopic (exact) mass is 515 g/mol. The molecule has 7 heteroatoms. The van der Waals surface area contributed by atoms with E-state index in [4.69, 9.17) is 21.7 Å². The lowest BCUT2D eigenvalue weighted by atomic mass is 9.97. The topological polar surface area (TPSA) is 88.9 Å². The molecule has 0 unspecified atom stereocenters. The molecule has 1 aliphatic heterocycles. The van der Waals surface area contributed by atoms with Gasteiger partial charge in [0.1, 0.15) is 0 Å². The Hall–Kier alpha value is -3.61. The van der Waals surface area contributed by atoms with Gasteiger partial charge in [0.2, 0.25) is 0 Å². The smallest absolute Gasteiger partial charge is 0.303 e. The predicted octanol–water partition coefficient (Wildman–Crippen LogP) is 6.70. The number of aryl methyl sites for hydroxylation is 1. The van der Waals surface area contributed by atoms with Crippen LogP contribution in [0.4, 0.5) is 5.69 Å². The minimum atomic E-state index is -0.838. The van der Waals surface area contributed by atoms with Gasteiger partial charge in [0.25, 0.3) is 0 Å². The summed E-state index contributed by atoms with van der Waals surface area (Å²) in [4.78, 5) is 21.6. The fraction of sp³-hybridized carbons (Fsp3) is 0.267. The molecule has 0 bridgehead atoms. The van der Waals surface area contributed by atoms with Gasteiger partial charge in [0, 0.05) is 28.9 Å². The predicted molar refractivity (Wildman–Crippen MR) is 148 cm³/mol. The lowest BCUT2D eigenvalue weighted by molar-refractivity contribution is -0.136. The van der Waals surface area contributed by atoms with Crippen LogP contribution in [-0.4, -0.2) is 44.9 Å². The molecular formula is C30H30ClN3O3. The third-order valence-corrected chi connectivity index (χ3v) is 7.07. The van der Waals surface area contributed by atoms with Crippen LogP contribution in [0.25, 0.3) is 10.9 Å². The maximum atomic E-state index is 11.1. The number of carboxylic acids is 1. The molecule has 5 rings (SSSR count). The van der Waals surface area contributed by atoms with Crippen LogP contribution in [0.2, 0.25) is 5.02 Å². The number of rotatable bonds is 8. The number of likely N-dealkylation sites (tertiary alicyclic amines) is 1. The summed E-state index contributed by atoms with van der Waals surface area (Å²) < 4.78 is 0. The number of aliphatic carboxylic acids is 1. The number of piperidine rings is 1. The molecule has 0 saturated carbocycles. The molecule has 0 radical (unpaired) electrons. The summed E-state index contributed by atoms with van der Waals surface area (Å²) in [6.45, 7) is 3.23. The highest BCUT2D eigenvalue weighted by Crippen LogP contribution is 2.33. The molecule has 3 aromatic carbocycles. The molecule has 0 atom stereocenters. The second-order valence-electron chi connectivity index (χ2n) is 9.60. The van der Waals surface area contributed by atoms with Gasteiger partial charge in [0.05, 0.1) is 22.5 Å². The highest BCUT2D eigenvalue weighted by molar-refractivity contribution is 6.31. The molecule has 1 saturated heterocycles. The number of hydrogen-bond donors (Lipinski definition) is 3. The molecule has 4 aromatic rings. The molecule has 1 aliphatic rings. The van der Waals surface area contributed by atoms with E-state index in [0.29, 0.717) is 28.2 Å². The standard InChI is InChI=1S/C30H30ClN3O3/c31-23-10-13-25-26(18-23)33-30(37)28(25)29(22-6-4-5-20(17-22)9-14-27(35)36)32-24-11-7-21(8-12-24)19-34-15-2-1-3-16-34/h4-8,10-13,17-18,33,37H,1-3,9,14-16,19H2,(H,35,36). The number of aromatic amines is 1. The number of nitrogens with zero attached hydrogens (tertiary/aromatic N) is 2. The zero-order valence-electron chi connectivity index (χ0n) is 20.6. The first kappa shape index (κ1) is 25.1. The Labute approximate surface area is 221 Å². The third kappa shape index (κ3) is 6.04. The van der Waals surface area contributed by atoms with Crippen molar-refractivity contribution in [2.45, 2.75) is 38.6 Å². The van der Waals surface area contributed by atoms with Crippen molar-refractivity contribution in [2.75, 3.05) is 13.1 Å². The molecular weight excluding hydrogens is 486 g/mol. The minimum absolute atomic E-state index is 0.00803. The number of hydrogen-bond acceptors (Lipinski definition) is 4. The third-order valence-electron chi connectivity index (χ3n) is 6.84. The number of H-pyrrole nitrogens is 1. The van der Waals surface area contributed by atoms with Gasteiger partial charge in [-0.05, 0) is 73.8 Å². The fourth-order valence-corrected chi connectivity index (χ4v) is 5.14. The van der Waals surface area contributed by atoms with E-state index in [9.17, 15) is 9.90 Å². The van der Waals surface area contributed by atoms with E-state index in [1.807, 2.05) is 42.5 Å². The maximum absolute atomic E-state index is 11.1. The van der Waals surface area contributed by atoms with Crippen molar-refractivity contribution in [3.8, 4) is 5.88 Å². The quantitative estimate of drug-likeness (QED) is 0.228. The van der Waals surface area contributed by atoms with Crippen molar-refractivity contribution < 1.29 is 15.0 Å². The second-order valence-corrected chi connectivity index (χ2v) is 10.0. The van der Waals surface area contributed by atoms with Crippen LogP contribution in [0.15, 0.2) is 71.7 Å². The average molecular weight is 516 g/mol. The maximum Gasteiger partial charge on any atom is 0.303 e. The van der Waals surface area contributed by atoms with Gasteiger partial charge in [0.15, 0.2) is 5.88 Å². The minimum Gasteiger partial charge on any atom is -0.494 e. The molecule has 2 heterocycles. The van der Waals surface area contributed by atoms with Gasteiger partial charge in [-0.25, -0.2) is 4.99 Å². The molecule has 37 heavy (non-hydrogen) atoms. The Balaban J connectivity index is 1.54. The van der Waals surface area contributed by atoms with Crippen molar-refractivity contribution in [1.29, 1.82) is 0 Å². The number of carbonyl (C=O) groups is 1. The molecule has 3 N–H and O–H groups in total. The van der Waals surface area contributed by atoms with Gasteiger partial charge in [-0.3, -0.25) is 9.69 Å². The number of benzene rings is 3. The van der Waals surface area contributed by atoms with E-state index in [-0.39, 0.29) is 12.3 Å². The second kappa shape index (κ2) is 11.2. The Morgan fingerprint density at radius 2 is 1.76 bits per heavy atom. The van der Waals surface area contributed by atoms with Gasteiger partial charge < -0.3 is 15.2 Å². The van der Waals surface area contributed by atoms with Crippen molar-refractivity contribution in [3.05, 3.63) is 94.0 Å². The highest BCUT2D eigenvalue weighted by Gasteiger charge is 2.19. The van der Waals surface area contributed by atoms with Crippen molar-refractivity contribution in [1.82, 2.24) is 9.88 Å². The molecule has 1 aromatic heterocycles. The fourth-order valence-electron chi connectivity index (χ4n) is 4.97. The molecule has 1 fully saturated rings. The van der Waals surface area contributed by atoms with Crippen LogP contribution < -0.4 is 0 Å². The number of aliphatic imine (C=N–C) groups is 1. The Kier molecular flexibility index (Phi) is 7.58. The van der Waals surface area contributed by atoms with E-state index >= 15 is 0 Å². The summed E-state index contributed by atoms with van der Waals surface area (Å²) in [6.07, 6.45) is 4.30. The number of nitrogens with one attached hydrogen (secondary N) is 1. The zero-order chi connectivity index (χ0) is 25.8. The first-order valence-corrected chi connectivity index (χ1v) is 13.1. The summed E-state index contributed by atoms with van der Waals surface area (Å²) in [7, 11) is 0. The van der Waals surface area contributed by atoms with Crippen molar-refractivity contribution in [3.63, 3.8) is 0 Å². The lowest BCUT2D eigenvalue weighted by Gasteiger charge is -2.26. The van der Waals surface area contributed by atoms with E-state index in [1.165, 1.54) is 24.8 Å². The summed E-state index contributed by atoms with van der Waals surface area (Å²) >= 11 is 6.19. The summed E-state index contributed by atoms with van der Waals surface area (Å²) in [5.74, 6) is -0.830. The lowest BCUT2D eigenvalue weighted by Crippen LogP contribution is -2.28. The summed E-state index contributed by atoms with van der Waals surface area (Å²) in [5, 5.41) is 21.4. The van der Waals surface area contributed by atoms with Crippen LogP contribution in [0.3, 0.4) is 0 Å². The summed E-state index contributed by atoms with van der Waals surface area (Å²) in [5.41, 5.74) is 5.62. The van der Waals surface area contributed by atoms with E-state index in [2.05, 4.69) is 22.0 Å². The van der Waals surface area contributed by atoms with Crippen LogP contribution in [0.5, 0.6) is 5.88 Å². The average Bonchev–Trinajstić information content (AvgIpc) is 3.22. The Morgan fingerprint density at radius 3 is 2.51 bits per heavy atom. The zero-order valence-corrected chi connectivity index (χ0v) is 21.3. The van der Waals surface area contributed by atoms with E-state index in [1.54, 1.807) is 12.1 Å². The molecule has 190 valence electrons. The Bertz CT molecular complexity index is 1440. The van der Waals surface area contributed by atoms with Gasteiger partial charge in [-0.15, -0.1) is 0 Å². The SMILES string of the molecule is O=C(O)CCc1cccc(C(=Nc2ccc(CN3CCCCC3)cc2)c2c(O)[nH]c3cc(Cl)ccc23)c1. The number of aromatic hydroxyl groups is 1. The Morgan fingerprint density at radius 1 is 0.973 bits per heavy atom. The van der Waals surface area contributed by atoms with Crippen LogP contribution >= 0.6 is 11.6 Å². The van der Waals surface area contributed by atoms with Crippen LogP contribution in [0, 0.1) is 0 Å². The van der Waals surface area contributed by atoms with Crippen LogP contribution in [0.1, 0.15) is 47.9 Å². The van der Waals surface area contributed by atoms with E-state index < -0.39 is 5.97 Å². The highest BCUT2D eigenvalue weighted by atomic mass is 35.5. The number of halogens is 1. The number of aromatic nitrogens is 1. The van der Waals surface area contributed by atoms with E-state index in [0.717, 1.165) is 41.8 Å². The van der Waals surface area contributed by atoms with Gasteiger partial charge >= 0.3 is 5.97 Å². The molecule has 6 nitrogen and oxygen atoms in total. The number of carboxylic acid groups (broad SMARTS) is 1. The summed E-state index contributed by atoms with van der Waals surface area (Å²) in [6, 6.07) is 21.4. The van der Waals surface area contributed by atoms with Gasteiger partial charge in [-0.2, -0.15) is 0 Å². The van der Waals surface area contributed by atoms with Crippen molar-refractivity contribution in [2.24, 2.45) is 4.99 Å². The normalized spacial score (nSPS) is 14.8. The first-order chi connectivity index (χ1) is 18.0. The first-order valence-electron chi connectivity index (χ1n) is 12.7. The van der Waals surface area contributed by atoms with Gasteiger partial charge in [-0.1, -0.05) is 54.4 Å². The van der Waals surface area contributed by atoms with Crippen molar-refractivity contribution >= 4 is 39.9 Å². The molecule has 0 aliphatic carbocycles. The molecule has 0 amide bonds. The van der Waals surface area contributed by atoms with Crippen LogP contribution in [-0.2, 0) is 17.8 Å².